The number of carbonyl (C=O) groups excluding carboxylic acids is 1. The van der Waals surface area contributed by atoms with Crippen molar-refractivity contribution < 1.29 is 44.4 Å². The average Bonchev–Trinajstić information content (AvgIpc) is 3.60. The molecule has 3 aromatic rings. The first-order valence-electron chi connectivity index (χ1n) is 12.7. The summed E-state index contributed by atoms with van der Waals surface area (Å²) in [4.78, 5) is 58.7. The van der Waals surface area contributed by atoms with Crippen LogP contribution in [0.15, 0.2) is 54.6 Å². The zero-order valence-electron chi connectivity index (χ0n) is 22.0. The molecule has 41 heavy (non-hydrogen) atoms. The van der Waals surface area contributed by atoms with Gasteiger partial charge in [-0.05, 0) is 44.0 Å². The summed E-state index contributed by atoms with van der Waals surface area (Å²) in [5, 5.41) is 33.8. The second kappa shape index (κ2) is 14.4. The molecule has 0 aliphatic carbocycles. The number of pyridine rings is 1. The van der Waals surface area contributed by atoms with Gasteiger partial charge < -0.3 is 30.6 Å². The molecule has 0 saturated carbocycles. The Kier molecular flexibility index (Phi) is 10.7. The van der Waals surface area contributed by atoms with E-state index in [2.05, 4.69) is 45.4 Å². The lowest BCUT2D eigenvalue weighted by atomic mass is 10.1. The van der Waals surface area contributed by atoms with E-state index < -0.39 is 23.9 Å². The number of hydrogen-bond acceptors (Lipinski definition) is 8. The molecule has 2 aromatic carbocycles. The van der Waals surface area contributed by atoms with E-state index in [4.69, 9.17) is 44.6 Å². The molecule has 1 amide bonds. The number of anilines is 2. The van der Waals surface area contributed by atoms with Gasteiger partial charge in [-0.15, -0.1) is 0 Å². The number of likely N-dealkylation sites (tertiary alicyclic amines) is 1. The van der Waals surface area contributed by atoms with Gasteiger partial charge >= 0.3 is 23.9 Å². The maximum Gasteiger partial charge on any atom is 0.414 e. The highest BCUT2D eigenvalue weighted by atomic mass is 16.4. The van der Waals surface area contributed by atoms with Crippen LogP contribution < -0.4 is 10.2 Å². The van der Waals surface area contributed by atoms with Crippen LogP contribution >= 0.6 is 0 Å². The van der Waals surface area contributed by atoms with E-state index in [1.807, 2.05) is 24.3 Å². The van der Waals surface area contributed by atoms with Gasteiger partial charge in [-0.25, -0.2) is 24.2 Å². The van der Waals surface area contributed by atoms with Gasteiger partial charge in [0, 0.05) is 24.0 Å². The Morgan fingerprint density at radius 3 is 1.90 bits per heavy atom. The Hall–Kier alpha value is -5.04. The summed E-state index contributed by atoms with van der Waals surface area (Å²) in [5.74, 6) is -6.22. The van der Waals surface area contributed by atoms with Crippen molar-refractivity contribution in [3.63, 3.8) is 0 Å². The highest BCUT2D eigenvalue weighted by molar-refractivity contribution is 6.27. The SMILES string of the molecule is O=C(CN1CCCC1)Nc1c2c(nc3ccccc13)N(Cc1ccccc1)CC2.O=C(O)C(=O)O.O=C(O)C(=O)O. The van der Waals surface area contributed by atoms with E-state index >= 15 is 0 Å². The second-order valence-corrected chi connectivity index (χ2v) is 9.22. The highest BCUT2D eigenvalue weighted by Crippen LogP contribution is 2.38. The van der Waals surface area contributed by atoms with E-state index in [1.165, 1.54) is 18.4 Å². The zero-order chi connectivity index (χ0) is 29.9. The fourth-order valence-electron chi connectivity index (χ4n) is 4.51. The number of carbonyl (C=O) groups is 5. The number of rotatable bonds is 5. The van der Waals surface area contributed by atoms with E-state index in [1.54, 1.807) is 0 Å². The molecule has 0 unspecified atom stereocenters. The van der Waals surface area contributed by atoms with Crippen LogP contribution in [-0.2, 0) is 36.9 Å². The largest absolute Gasteiger partial charge is 0.473 e. The predicted octanol–water partition coefficient (Wildman–Crippen LogP) is 2.14. The minimum absolute atomic E-state index is 0.0759. The maximum atomic E-state index is 12.8. The molecule has 0 radical (unpaired) electrons. The molecular weight excluding hydrogens is 536 g/mol. The monoisotopic (exact) mass is 566 g/mol. The third-order valence-corrected chi connectivity index (χ3v) is 6.32. The van der Waals surface area contributed by atoms with E-state index in [0.29, 0.717) is 6.54 Å². The van der Waals surface area contributed by atoms with Crippen molar-refractivity contribution in [1.82, 2.24) is 9.88 Å². The number of benzene rings is 2. The highest BCUT2D eigenvalue weighted by Gasteiger charge is 2.27. The third-order valence-electron chi connectivity index (χ3n) is 6.32. The molecule has 1 fully saturated rings. The lowest BCUT2D eigenvalue weighted by Gasteiger charge is -2.20. The van der Waals surface area contributed by atoms with Crippen molar-refractivity contribution in [3.8, 4) is 0 Å². The first-order valence-corrected chi connectivity index (χ1v) is 12.7. The molecule has 5 rings (SSSR count). The van der Waals surface area contributed by atoms with Gasteiger partial charge in [0.1, 0.15) is 5.82 Å². The second-order valence-electron chi connectivity index (χ2n) is 9.22. The molecule has 216 valence electrons. The van der Waals surface area contributed by atoms with Crippen molar-refractivity contribution in [2.24, 2.45) is 0 Å². The molecule has 0 atom stereocenters. The molecule has 1 aromatic heterocycles. The Morgan fingerprint density at radius 2 is 1.32 bits per heavy atom. The van der Waals surface area contributed by atoms with Crippen LogP contribution in [0.4, 0.5) is 11.5 Å². The summed E-state index contributed by atoms with van der Waals surface area (Å²) in [7, 11) is 0. The number of fused-ring (bicyclic) bond motifs is 2. The molecule has 2 aliphatic heterocycles. The number of amides is 1. The van der Waals surface area contributed by atoms with E-state index in [0.717, 1.165) is 60.6 Å². The van der Waals surface area contributed by atoms with Crippen molar-refractivity contribution in [2.75, 3.05) is 36.4 Å². The molecule has 3 heterocycles. The van der Waals surface area contributed by atoms with E-state index in [-0.39, 0.29) is 5.91 Å². The third kappa shape index (κ3) is 8.73. The Balaban J connectivity index is 0.000000326. The standard InChI is InChI=1S/C24H26N4O.2C2H2O4/c29-22(17-27-13-6-7-14-27)26-23-19-10-4-5-11-21(19)25-24-20(23)12-15-28(24)16-18-8-2-1-3-9-18;2*3-1(4)2(5)6/h1-5,8-11H,6-7,12-17H2,(H,25,26,29);2*(H,3,4)(H,5,6). The zero-order valence-corrected chi connectivity index (χ0v) is 22.0. The molecule has 1 saturated heterocycles. The van der Waals surface area contributed by atoms with Crippen LogP contribution in [0.2, 0.25) is 0 Å². The van der Waals surface area contributed by atoms with Gasteiger partial charge in [-0.3, -0.25) is 9.69 Å². The first kappa shape index (κ1) is 30.5. The van der Waals surface area contributed by atoms with Gasteiger partial charge in [0.05, 0.1) is 17.7 Å². The summed E-state index contributed by atoms with van der Waals surface area (Å²) in [6.45, 7) is 4.27. The Labute approximate surface area is 234 Å². The molecule has 13 nitrogen and oxygen atoms in total. The molecule has 2 aliphatic rings. The van der Waals surface area contributed by atoms with Crippen LogP contribution in [0.25, 0.3) is 10.9 Å². The fourth-order valence-corrected chi connectivity index (χ4v) is 4.51. The first-order chi connectivity index (χ1) is 19.6. The van der Waals surface area contributed by atoms with Gasteiger partial charge in [-0.1, -0.05) is 48.5 Å². The lowest BCUT2D eigenvalue weighted by Crippen LogP contribution is -2.31. The minimum atomic E-state index is -1.82. The topological polar surface area (TPSA) is 198 Å². The lowest BCUT2D eigenvalue weighted by molar-refractivity contribution is -0.159. The van der Waals surface area contributed by atoms with Gasteiger partial charge in [-0.2, -0.15) is 0 Å². The number of nitrogens with zero attached hydrogens (tertiary/aromatic N) is 3. The summed E-state index contributed by atoms with van der Waals surface area (Å²) in [5.41, 5.74) is 4.32. The van der Waals surface area contributed by atoms with Crippen molar-refractivity contribution >= 4 is 52.2 Å². The van der Waals surface area contributed by atoms with Crippen LogP contribution in [-0.4, -0.2) is 86.3 Å². The molecule has 0 bridgehead atoms. The summed E-state index contributed by atoms with van der Waals surface area (Å²) < 4.78 is 0. The number of aliphatic carboxylic acids is 4. The summed E-state index contributed by atoms with van der Waals surface area (Å²) >= 11 is 0. The number of nitrogens with one attached hydrogen (secondary N) is 1. The molecule has 13 heteroatoms. The number of carboxylic acids is 4. The molecule has 0 spiro atoms. The van der Waals surface area contributed by atoms with Gasteiger partial charge in [0.15, 0.2) is 0 Å². The van der Waals surface area contributed by atoms with Gasteiger partial charge in [0.2, 0.25) is 5.91 Å². The van der Waals surface area contributed by atoms with Crippen LogP contribution in [0.5, 0.6) is 0 Å². The molecule has 5 N–H and O–H groups in total. The number of aromatic nitrogens is 1. The number of hydrogen-bond donors (Lipinski definition) is 5. The fraction of sp³-hybridized carbons (Fsp3) is 0.286. The van der Waals surface area contributed by atoms with Crippen LogP contribution in [0.1, 0.15) is 24.0 Å². The number of carboxylic acid groups (broad SMARTS) is 4. The van der Waals surface area contributed by atoms with Crippen molar-refractivity contribution in [3.05, 3.63) is 65.7 Å². The Bertz CT molecular complexity index is 1370. The Morgan fingerprint density at radius 1 is 0.756 bits per heavy atom. The van der Waals surface area contributed by atoms with Crippen molar-refractivity contribution in [1.29, 1.82) is 0 Å². The van der Waals surface area contributed by atoms with Crippen molar-refractivity contribution in [2.45, 2.75) is 25.8 Å². The predicted molar refractivity (Wildman–Crippen MR) is 148 cm³/mol. The van der Waals surface area contributed by atoms with Gasteiger partial charge in [0.25, 0.3) is 0 Å². The quantitative estimate of drug-likeness (QED) is 0.283. The molecular formula is C28H30N4O9. The summed E-state index contributed by atoms with van der Waals surface area (Å²) in [6.07, 6.45) is 3.28. The van der Waals surface area contributed by atoms with Crippen LogP contribution in [0.3, 0.4) is 0 Å². The van der Waals surface area contributed by atoms with E-state index in [9.17, 15) is 4.79 Å². The number of para-hydroxylation sites is 1. The van der Waals surface area contributed by atoms with Crippen LogP contribution in [0, 0.1) is 0 Å². The normalized spacial score (nSPS) is 13.7. The maximum absolute atomic E-state index is 12.8. The smallest absolute Gasteiger partial charge is 0.414 e. The average molecular weight is 567 g/mol. The summed E-state index contributed by atoms with van der Waals surface area (Å²) in [6, 6.07) is 18.6. The minimum Gasteiger partial charge on any atom is -0.473 e.